The minimum atomic E-state index is -4.40. The summed E-state index contributed by atoms with van der Waals surface area (Å²) in [4.78, 5) is 11.9. The Morgan fingerprint density at radius 2 is 1.90 bits per heavy atom. The first-order valence-corrected chi connectivity index (χ1v) is 9.00. The number of halogens is 4. The van der Waals surface area contributed by atoms with Crippen molar-refractivity contribution in [1.29, 1.82) is 0 Å². The van der Waals surface area contributed by atoms with Gasteiger partial charge in [0.2, 0.25) is 5.69 Å². The maximum atomic E-state index is 12.6. The van der Waals surface area contributed by atoms with Crippen LogP contribution in [0.3, 0.4) is 0 Å². The molecule has 0 radical (unpaired) electrons. The van der Waals surface area contributed by atoms with Crippen molar-refractivity contribution in [2.75, 3.05) is 6.61 Å². The number of carbonyl (C=O) groups is 1. The van der Waals surface area contributed by atoms with E-state index in [0.29, 0.717) is 5.56 Å². The monoisotopic (exact) mass is 441 g/mol. The van der Waals surface area contributed by atoms with E-state index in [2.05, 4.69) is 15.4 Å². The first kappa shape index (κ1) is 21.4. The van der Waals surface area contributed by atoms with Crippen LogP contribution in [-0.4, -0.2) is 28.0 Å². The molecule has 3 aromatic rings. The first-order chi connectivity index (χ1) is 14.3. The Kier molecular flexibility index (Phi) is 6.46. The normalized spacial score (nSPS) is 11.2. The molecule has 0 amide bonds. The number of hydrogen-bond donors (Lipinski definition) is 1. The van der Waals surface area contributed by atoms with Crippen molar-refractivity contribution in [3.63, 3.8) is 0 Å². The number of alkyl halides is 3. The summed E-state index contributed by atoms with van der Waals surface area (Å²) in [7, 11) is 0. The van der Waals surface area contributed by atoms with Crippen LogP contribution in [0.25, 0.3) is 0 Å². The number of ether oxygens (including phenoxy) is 3. The summed E-state index contributed by atoms with van der Waals surface area (Å²) in [6.07, 6.45) is -4.40. The van der Waals surface area contributed by atoms with E-state index in [1.165, 1.54) is 30.3 Å². The highest BCUT2D eigenvalue weighted by Gasteiger charge is 2.29. The van der Waals surface area contributed by atoms with Crippen LogP contribution in [-0.2, 0) is 17.5 Å². The molecule has 0 fully saturated rings. The van der Waals surface area contributed by atoms with Gasteiger partial charge in [-0.3, -0.25) is 0 Å². The highest BCUT2D eigenvalue weighted by Crippen LogP contribution is 2.33. The molecular weight excluding hydrogens is 427 g/mol. The van der Waals surface area contributed by atoms with E-state index < -0.39 is 17.7 Å². The van der Waals surface area contributed by atoms with Gasteiger partial charge in [-0.05, 0) is 36.8 Å². The molecule has 158 valence electrons. The van der Waals surface area contributed by atoms with E-state index in [0.717, 1.165) is 12.1 Å². The van der Waals surface area contributed by atoms with Crippen LogP contribution in [0.5, 0.6) is 17.4 Å². The fraction of sp³-hybridized carbons (Fsp3) is 0.211. The number of rotatable bonds is 7. The summed E-state index contributed by atoms with van der Waals surface area (Å²) in [5.41, 5.74) is -0.282. The predicted octanol–water partition coefficient (Wildman–Crippen LogP) is 5.02. The second-order valence-electron chi connectivity index (χ2n) is 5.89. The van der Waals surface area contributed by atoms with E-state index >= 15 is 0 Å². The van der Waals surface area contributed by atoms with Crippen molar-refractivity contribution in [1.82, 2.24) is 15.4 Å². The fourth-order valence-electron chi connectivity index (χ4n) is 2.35. The SMILES string of the molecule is CCOC(=O)c1[nH]nnc1Oc1ccc(Cl)c(OCc2ccc(C(F)(F)F)cc2)c1. The molecule has 0 bridgehead atoms. The van der Waals surface area contributed by atoms with Crippen molar-refractivity contribution in [3.05, 3.63) is 64.3 Å². The van der Waals surface area contributed by atoms with Crippen molar-refractivity contribution >= 4 is 17.6 Å². The van der Waals surface area contributed by atoms with Crippen LogP contribution >= 0.6 is 11.6 Å². The molecule has 3 rings (SSSR count). The molecule has 1 heterocycles. The Morgan fingerprint density at radius 1 is 1.17 bits per heavy atom. The number of hydrogen-bond acceptors (Lipinski definition) is 6. The van der Waals surface area contributed by atoms with Crippen molar-refractivity contribution in [3.8, 4) is 17.4 Å². The molecule has 7 nitrogen and oxygen atoms in total. The smallest absolute Gasteiger partial charge is 0.416 e. The number of aromatic nitrogens is 3. The number of aromatic amines is 1. The highest BCUT2D eigenvalue weighted by molar-refractivity contribution is 6.32. The van der Waals surface area contributed by atoms with Gasteiger partial charge in [0.05, 0.1) is 17.2 Å². The van der Waals surface area contributed by atoms with Gasteiger partial charge in [-0.1, -0.05) is 34.0 Å². The standard InChI is InChI=1S/C19H15ClF3N3O4/c1-2-28-18(27)16-17(25-26-24-16)30-13-7-8-14(20)15(9-13)29-10-11-3-5-12(6-4-11)19(21,22)23/h3-9H,2,10H2,1H3,(H,24,25,26). The number of esters is 1. The third-order valence-electron chi connectivity index (χ3n) is 3.79. The lowest BCUT2D eigenvalue weighted by Crippen LogP contribution is -2.06. The third kappa shape index (κ3) is 5.20. The summed E-state index contributed by atoms with van der Waals surface area (Å²) < 4.78 is 53.9. The lowest BCUT2D eigenvalue weighted by atomic mass is 10.1. The van der Waals surface area contributed by atoms with Gasteiger partial charge in [0, 0.05) is 6.07 Å². The van der Waals surface area contributed by atoms with Crippen molar-refractivity contribution in [2.45, 2.75) is 19.7 Å². The Hall–Kier alpha value is -3.27. The van der Waals surface area contributed by atoms with Gasteiger partial charge in [-0.15, -0.1) is 0 Å². The zero-order chi connectivity index (χ0) is 21.7. The Labute approximate surface area is 173 Å². The van der Waals surface area contributed by atoms with Crippen LogP contribution in [0.15, 0.2) is 42.5 Å². The van der Waals surface area contributed by atoms with Crippen LogP contribution in [0, 0.1) is 0 Å². The Morgan fingerprint density at radius 3 is 2.57 bits per heavy atom. The van der Waals surface area contributed by atoms with E-state index in [1.54, 1.807) is 6.92 Å². The van der Waals surface area contributed by atoms with E-state index in [4.69, 9.17) is 25.8 Å². The minimum absolute atomic E-state index is 0.0145. The summed E-state index contributed by atoms with van der Waals surface area (Å²) in [5.74, 6) is -0.286. The zero-order valence-corrected chi connectivity index (χ0v) is 16.3. The van der Waals surface area contributed by atoms with Gasteiger partial charge in [0.1, 0.15) is 18.1 Å². The lowest BCUT2D eigenvalue weighted by molar-refractivity contribution is -0.137. The van der Waals surface area contributed by atoms with E-state index in [9.17, 15) is 18.0 Å². The molecule has 0 aliphatic heterocycles. The predicted molar refractivity (Wildman–Crippen MR) is 99.6 cm³/mol. The molecule has 2 aromatic carbocycles. The van der Waals surface area contributed by atoms with Crippen LogP contribution in [0.1, 0.15) is 28.5 Å². The molecule has 30 heavy (non-hydrogen) atoms. The van der Waals surface area contributed by atoms with Gasteiger partial charge in [-0.2, -0.15) is 13.2 Å². The van der Waals surface area contributed by atoms with E-state index in [1.807, 2.05) is 0 Å². The molecule has 0 saturated heterocycles. The molecule has 0 aliphatic rings. The lowest BCUT2D eigenvalue weighted by Gasteiger charge is -2.11. The number of nitrogens with one attached hydrogen (secondary N) is 1. The summed E-state index contributed by atoms with van der Waals surface area (Å²) >= 11 is 6.11. The largest absolute Gasteiger partial charge is 0.487 e. The van der Waals surface area contributed by atoms with Gasteiger partial charge < -0.3 is 14.2 Å². The fourth-order valence-corrected chi connectivity index (χ4v) is 2.52. The molecule has 0 unspecified atom stereocenters. The highest BCUT2D eigenvalue weighted by atomic mass is 35.5. The molecule has 11 heteroatoms. The Bertz CT molecular complexity index is 1020. The van der Waals surface area contributed by atoms with Gasteiger partial charge in [0.25, 0.3) is 5.88 Å². The number of nitrogens with zero attached hydrogens (tertiary/aromatic N) is 2. The van der Waals surface area contributed by atoms with E-state index in [-0.39, 0.29) is 41.3 Å². The van der Waals surface area contributed by atoms with Gasteiger partial charge in [-0.25, -0.2) is 9.89 Å². The molecule has 0 atom stereocenters. The average molecular weight is 442 g/mol. The maximum Gasteiger partial charge on any atom is 0.416 e. The molecule has 0 aliphatic carbocycles. The zero-order valence-electron chi connectivity index (χ0n) is 15.5. The quantitative estimate of drug-likeness (QED) is 0.518. The topological polar surface area (TPSA) is 86.3 Å². The third-order valence-corrected chi connectivity index (χ3v) is 4.10. The molecule has 1 N–H and O–H groups in total. The summed E-state index contributed by atoms with van der Waals surface area (Å²) in [5, 5.41) is 9.88. The van der Waals surface area contributed by atoms with Crippen LogP contribution in [0.2, 0.25) is 5.02 Å². The second kappa shape index (κ2) is 9.04. The summed E-state index contributed by atoms with van der Waals surface area (Å²) in [6.45, 7) is 1.81. The average Bonchev–Trinajstić information content (AvgIpc) is 3.16. The van der Waals surface area contributed by atoms with Gasteiger partial charge in [0.15, 0.2) is 0 Å². The summed E-state index contributed by atoms with van der Waals surface area (Å²) in [6, 6.07) is 9.06. The van der Waals surface area contributed by atoms with Gasteiger partial charge >= 0.3 is 12.1 Å². The molecule has 0 saturated carbocycles. The van der Waals surface area contributed by atoms with Crippen LogP contribution < -0.4 is 9.47 Å². The second-order valence-corrected chi connectivity index (χ2v) is 6.30. The molecule has 0 spiro atoms. The van der Waals surface area contributed by atoms with Crippen molar-refractivity contribution < 1.29 is 32.2 Å². The minimum Gasteiger partial charge on any atom is -0.487 e. The Balaban J connectivity index is 1.70. The number of carbonyl (C=O) groups excluding carboxylic acids is 1. The number of benzene rings is 2. The van der Waals surface area contributed by atoms with Crippen LogP contribution in [0.4, 0.5) is 13.2 Å². The maximum absolute atomic E-state index is 12.6. The number of H-pyrrole nitrogens is 1. The molecule has 1 aromatic heterocycles. The first-order valence-electron chi connectivity index (χ1n) is 8.62. The van der Waals surface area contributed by atoms with Crippen molar-refractivity contribution in [2.24, 2.45) is 0 Å². The molecular formula is C19H15ClF3N3O4.